The van der Waals surface area contributed by atoms with E-state index in [0.29, 0.717) is 22.8 Å². The quantitative estimate of drug-likeness (QED) is 0.918. The summed E-state index contributed by atoms with van der Waals surface area (Å²) < 4.78 is 16.1. The summed E-state index contributed by atoms with van der Waals surface area (Å²) in [6, 6.07) is 7.38. The Labute approximate surface area is 119 Å². The van der Waals surface area contributed by atoms with Crippen molar-refractivity contribution in [3.63, 3.8) is 0 Å². The van der Waals surface area contributed by atoms with E-state index in [-0.39, 0.29) is 13.4 Å². The number of ether oxygens (including phenoxy) is 3. The number of carbonyl (C=O) groups is 1. The summed E-state index contributed by atoms with van der Waals surface area (Å²) in [5.41, 5.74) is 1.66. The first-order chi connectivity index (χ1) is 9.74. The molecule has 0 amide bonds. The molecule has 6 heteroatoms. The molecule has 0 spiro atoms. The molecule has 1 aromatic heterocycles. The number of carboxylic acid groups (broad SMARTS) is 1. The highest BCUT2D eigenvalue weighted by molar-refractivity contribution is 7.12. The fraction of sp³-hybridized carbons (Fsp3) is 0.214. The van der Waals surface area contributed by atoms with Crippen molar-refractivity contribution >= 4 is 17.3 Å². The van der Waals surface area contributed by atoms with Gasteiger partial charge >= 0.3 is 5.97 Å². The summed E-state index contributed by atoms with van der Waals surface area (Å²) in [4.78, 5) is 11.3. The van der Waals surface area contributed by atoms with Gasteiger partial charge in [-0.3, -0.25) is 0 Å². The SMILES string of the molecule is O=C(O)c1sccc1COCc1ccc2c(c1)OCO2. The second-order valence-corrected chi connectivity index (χ2v) is 5.18. The lowest BCUT2D eigenvalue weighted by molar-refractivity contribution is 0.0690. The van der Waals surface area contributed by atoms with Crippen molar-refractivity contribution in [3.8, 4) is 11.5 Å². The first-order valence-corrected chi connectivity index (χ1v) is 6.88. The van der Waals surface area contributed by atoms with E-state index in [4.69, 9.17) is 19.3 Å². The van der Waals surface area contributed by atoms with Gasteiger partial charge in [0.1, 0.15) is 4.88 Å². The fourth-order valence-electron chi connectivity index (χ4n) is 1.95. The molecule has 0 aliphatic carbocycles. The van der Waals surface area contributed by atoms with E-state index in [1.165, 1.54) is 11.3 Å². The molecule has 1 aliphatic rings. The van der Waals surface area contributed by atoms with Crippen LogP contribution in [0.1, 0.15) is 20.8 Å². The molecule has 104 valence electrons. The summed E-state index contributed by atoms with van der Waals surface area (Å²) in [6.45, 7) is 0.918. The summed E-state index contributed by atoms with van der Waals surface area (Å²) in [6.07, 6.45) is 0. The highest BCUT2D eigenvalue weighted by Gasteiger charge is 2.14. The van der Waals surface area contributed by atoms with Crippen LogP contribution in [0.2, 0.25) is 0 Å². The summed E-state index contributed by atoms with van der Waals surface area (Å²) >= 11 is 1.20. The highest BCUT2D eigenvalue weighted by atomic mass is 32.1. The van der Waals surface area contributed by atoms with Crippen LogP contribution in [0.3, 0.4) is 0 Å². The molecule has 3 rings (SSSR count). The lowest BCUT2D eigenvalue weighted by Crippen LogP contribution is -2.00. The van der Waals surface area contributed by atoms with Gasteiger partial charge < -0.3 is 19.3 Å². The van der Waals surface area contributed by atoms with Crippen LogP contribution >= 0.6 is 11.3 Å². The zero-order valence-corrected chi connectivity index (χ0v) is 11.3. The summed E-state index contributed by atoms with van der Waals surface area (Å²) in [5.74, 6) is 0.536. The van der Waals surface area contributed by atoms with E-state index in [1.807, 2.05) is 18.2 Å². The minimum atomic E-state index is -0.915. The van der Waals surface area contributed by atoms with Gasteiger partial charge in [-0.1, -0.05) is 6.07 Å². The molecule has 0 bridgehead atoms. The molecule has 5 nitrogen and oxygen atoms in total. The van der Waals surface area contributed by atoms with E-state index in [1.54, 1.807) is 11.4 Å². The van der Waals surface area contributed by atoms with Crippen molar-refractivity contribution in [2.24, 2.45) is 0 Å². The predicted octanol–water partition coefficient (Wildman–Crippen LogP) is 2.89. The fourth-order valence-corrected chi connectivity index (χ4v) is 2.69. The van der Waals surface area contributed by atoms with Gasteiger partial charge in [0.05, 0.1) is 13.2 Å². The standard InChI is InChI=1S/C14H12O5S/c15-14(16)13-10(3-4-20-13)7-17-6-9-1-2-11-12(5-9)19-8-18-11/h1-5H,6-8H2,(H,15,16). The number of thiophene rings is 1. The predicted molar refractivity (Wildman–Crippen MR) is 72.3 cm³/mol. The van der Waals surface area contributed by atoms with Crippen molar-refractivity contribution in [1.29, 1.82) is 0 Å². The van der Waals surface area contributed by atoms with Gasteiger partial charge in [-0.15, -0.1) is 11.3 Å². The second kappa shape index (κ2) is 5.52. The van der Waals surface area contributed by atoms with Gasteiger partial charge in [0, 0.05) is 5.56 Å². The average molecular weight is 292 g/mol. The Kier molecular flexibility index (Phi) is 3.58. The van der Waals surface area contributed by atoms with Crippen LogP contribution in [0.4, 0.5) is 0 Å². The van der Waals surface area contributed by atoms with E-state index < -0.39 is 5.97 Å². The van der Waals surface area contributed by atoms with Gasteiger partial charge in [0.25, 0.3) is 0 Å². The zero-order chi connectivity index (χ0) is 13.9. The maximum Gasteiger partial charge on any atom is 0.346 e. The minimum absolute atomic E-state index is 0.247. The van der Waals surface area contributed by atoms with Crippen LogP contribution in [0, 0.1) is 0 Å². The molecule has 0 radical (unpaired) electrons. The number of hydrogen-bond acceptors (Lipinski definition) is 5. The average Bonchev–Trinajstić information content (AvgIpc) is 3.06. The maximum absolute atomic E-state index is 11.0. The van der Waals surface area contributed by atoms with Crippen molar-refractivity contribution in [1.82, 2.24) is 0 Å². The molecular formula is C14H12O5S. The minimum Gasteiger partial charge on any atom is -0.477 e. The third kappa shape index (κ3) is 2.61. The Balaban J connectivity index is 1.60. The third-order valence-electron chi connectivity index (χ3n) is 2.90. The molecule has 0 fully saturated rings. The van der Waals surface area contributed by atoms with E-state index in [0.717, 1.165) is 11.3 Å². The smallest absolute Gasteiger partial charge is 0.346 e. The van der Waals surface area contributed by atoms with Crippen LogP contribution in [0.25, 0.3) is 0 Å². The zero-order valence-electron chi connectivity index (χ0n) is 10.5. The molecule has 2 heterocycles. The number of hydrogen-bond donors (Lipinski definition) is 1. The van der Waals surface area contributed by atoms with Crippen molar-refractivity contribution in [2.75, 3.05) is 6.79 Å². The van der Waals surface area contributed by atoms with Crippen LogP contribution in [-0.4, -0.2) is 17.9 Å². The van der Waals surface area contributed by atoms with E-state index in [2.05, 4.69) is 0 Å². The topological polar surface area (TPSA) is 65.0 Å². The Morgan fingerprint density at radius 2 is 2.10 bits per heavy atom. The normalized spacial score (nSPS) is 12.6. The Hall–Kier alpha value is -2.05. The lowest BCUT2D eigenvalue weighted by atomic mass is 10.2. The van der Waals surface area contributed by atoms with Crippen molar-refractivity contribution in [2.45, 2.75) is 13.2 Å². The van der Waals surface area contributed by atoms with Gasteiger partial charge in [0.15, 0.2) is 11.5 Å². The second-order valence-electron chi connectivity index (χ2n) is 4.26. The number of fused-ring (bicyclic) bond motifs is 1. The lowest BCUT2D eigenvalue weighted by Gasteiger charge is -2.05. The summed E-state index contributed by atoms with van der Waals surface area (Å²) in [5, 5.41) is 10.8. The number of benzene rings is 1. The molecular weight excluding hydrogens is 280 g/mol. The highest BCUT2D eigenvalue weighted by Crippen LogP contribution is 2.32. The molecule has 0 saturated heterocycles. The van der Waals surface area contributed by atoms with E-state index in [9.17, 15) is 4.79 Å². The monoisotopic (exact) mass is 292 g/mol. The molecule has 2 aromatic rings. The van der Waals surface area contributed by atoms with Crippen molar-refractivity contribution in [3.05, 3.63) is 45.6 Å². The molecule has 0 unspecified atom stereocenters. The molecule has 20 heavy (non-hydrogen) atoms. The first kappa shape index (κ1) is 13.0. The van der Waals surface area contributed by atoms with E-state index >= 15 is 0 Å². The van der Waals surface area contributed by atoms with Gasteiger partial charge in [0.2, 0.25) is 6.79 Å². The van der Waals surface area contributed by atoms with Crippen molar-refractivity contribution < 1.29 is 24.1 Å². The Morgan fingerprint density at radius 1 is 1.25 bits per heavy atom. The van der Waals surface area contributed by atoms with Gasteiger partial charge in [-0.05, 0) is 29.1 Å². The van der Waals surface area contributed by atoms with Gasteiger partial charge in [-0.2, -0.15) is 0 Å². The Bertz CT molecular complexity index is 634. The third-order valence-corrected chi connectivity index (χ3v) is 3.85. The Morgan fingerprint density at radius 3 is 2.95 bits per heavy atom. The number of carboxylic acids is 1. The molecule has 1 aromatic carbocycles. The van der Waals surface area contributed by atoms with Gasteiger partial charge in [-0.25, -0.2) is 4.79 Å². The number of aromatic carboxylic acids is 1. The molecule has 0 atom stereocenters. The molecule has 1 aliphatic heterocycles. The van der Waals surface area contributed by atoms with Crippen LogP contribution < -0.4 is 9.47 Å². The maximum atomic E-state index is 11.0. The van der Waals surface area contributed by atoms with Crippen LogP contribution in [-0.2, 0) is 18.0 Å². The van der Waals surface area contributed by atoms with Crippen LogP contribution in [0.15, 0.2) is 29.6 Å². The summed E-state index contributed by atoms with van der Waals surface area (Å²) in [7, 11) is 0. The largest absolute Gasteiger partial charge is 0.477 e. The molecule has 1 N–H and O–H groups in total. The first-order valence-electron chi connectivity index (χ1n) is 6.00. The number of rotatable bonds is 5. The van der Waals surface area contributed by atoms with Crippen LogP contribution in [0.5, 0.6) is 11.5 Å². The molecule has 0 saturated carbocycles.